The Kier molecular flexibility index (Phi) is 8.14. The zero-order valence-corrected chi connectivity index (χ0v) is 18.8. The molecule has 0 saturated heterocycles. The lowest BCUT2D eigenvalue weighted by molar-refractivity contribution is -0.128. The molecule has 0 atom stereocenters. The minimum atomic E-state index is -3.90. The Morgan fingerprint density at radius 1 is 0.935 bits per heavy atom. The van der Waals surface area contributed by atoms with Crippen LogP contribution in [0.5, 0.6) is 0 Å². The molecule has 2 rings (SSSR count). The first-order valence-corrected chi connectivity index (χ1v) is 11.0. The van der Waals surface area contributed by atoms with E-state index in [0.29, 0.717) is 10.6 Å². The molecule has 9 nitrogen and oxygen atoms in total. The summed E-state index contributed by atoms with van der Waals surface area (Å²) in [6.45, 7) is 2.90. The van der Waals surface area contributed by atoms with E-state index in [1.807, 2.05) is 13.8 Å². The summed E-state index contributed by atoms with van der Waals surface area (Å²) in [6.07, 6.45) is 0. The maximum atomic E-state index is 12.4. The molecule has 2 aromatic carbocycles. The van der Waals surface area contributed by atoms with Crippen molar-refractivity contribution in [2.75, 3.05) is 20.1 Å². The minimum absolute atomic E-state index is 0.0229. The molecule has 0 aliphatic carbocycles. The summed E-state index contributed by atoms with van der Waals surface area (Å²) in [5, 5.41) is 2.82. The monoisotopic (exact) mass is 466 g/mol. The van der Waals surface area contributed by atoms with Gasteiger partial charge in [-0.05, 0) is 61.4 Å². The van der Waals surface area contributed by atoms with Crippen LogP contribution < -0.4 is 16.2 Å². The van der Waals surface area contributed by atoms with Crippen molar-refractivity contribution in [1.29, 1.82) is 0 Å². The first-order chi connectivity index (χ1) is 14.5. The van der Waals surface area contributed by atoms with Crippen LogP contribution in [0.15, 0.2) is 47.4 Å². The van der Waals surface area contributed by atoms with Crippen molar-refractivity contribution in [3.63, 3.8) is 0 Å². The molecule has 0 saturated carbocycles. The Labute approximate surface area is 185 Å². The van der Waals surface area contributed by atoms with Crippen LogP contribution in [0.25, 0.3) is 0 Å². The fraction of sp³-hybridized carbons (Fsp3) is 0.250. The van der Waals surface area contributed by atoms with Gasteiger partial charge in [-0.25, -0.2) is 8.42 Å². The Balaban J connectivity index is 1.80. The van der Waals surface area contributed by atoms with Crippen molar-refractivity contribution >= 4 is 39.3 Å². The molecule has 0 radical (unpaired) electrons. The molecule has 31 heavy (non-hydrogen) atoms. The van der Waals surface area contributed by atoms with Crippen LogP contribution in [0.4, 0.5) is 0 Å². The fourth-order valence-electron chi connectivity index (χ4n) is 2.44. The lowest BCUT2D eigenvalue weighted by atomic mass is 10.1. The average molecular weight is 467 g/mol. The molecule has 3 amide bonds. The number of hydrogen-bond acceptors (Lipinski definition) is 5. The molecule has 0 fully saturated rings. The number of carbonyl (C=O) groups is 3. The van der Waals surface area contributed by atoms with Gasteiger partial charge in [-0.2, -0.15) is 4.31 Å². The summed E-state index contributed by atoms with van der Waals surface area (Å²) < 4.78 is 25.7. The van der Waals surface area contributed by atoms with Crippen molar-refractivity contribution < 1.29 is 22.8 Å². The van der Waals surface area contributed by atoms with Gasteiger partial charge in [-0.15, -0.1) is 0 Å². The van der Waals surface area contributed by atoms with E-state index in [2.05, 4.69) is 16.2 Å². The topological polar surface area (TPSA) is 125 Å². The summed E-state index contributed by atoms with van der Waals surface area (Å²) >= 11 is 5.75. The van der Waals surface area contributed by atoms with Crippen molar-refractivity contribution in [3.05, 3.63) is 64.2 Å². The highest BCUT2D eigenvalue weighted by atomic mass is 35.5. The molecular weight excluding hydrogens is 444 g/mol. The highest BCUT2D eigenvalue weighted by Gasteiger charge is 2.23. The summed E-state index contributed by atoms with van der Waals surface area (Å²) in [7, 11) is -2.67. The summed E-state index contributed by atoms with van der Waals surface area (Å²) in [6, 6.07) is 10.7. The molecule has 0 aliphatic rings. The molecule has 0 bridgehead atoms. The number of aryl methyl sites for hydroxylation is 2. The number of rotatable bonds is 7. The van der Waals surface area contributed by atoms with E-state index in [9.17, 15) is 22.8 Å². The average Bonchev–Trinajstić information content (AvgIpc) is 2.72. The Bertz CT molecular complexity index is 1090. The number of nitrogens with one attached hydrogen (secondary N) is 3. The van der Waals surface area contributed by atoms with Gasteiger partial charge in [-0.1, -0.05) is 17.7 Å². The number of sulfonamides is 1. The van der Waals surface area contributed by atoms with Crippen LogP contribution in [0.2, 0.25) is 5.02 Å². The largest absolute Gasteiger partial charge is 0.343 e. The van der Waals surface area contributed by atoms with E-state index in [1.54, 1.807) is 18.2 Å². The van der Waals surface area contributed by atoms with Crippen molar-refractivity contribution in [3.8, 4) is 0 Å². The van der Waals surface area contributed by atoms with Crippen molar-refractivity contribution in [2.24, 2.45) is 0 Å². The normalized spacial score (nSPS) is 11.1. The van der Waals surface area contributed by atoms with Gasteiger partial charge in [0.1, 0.15) is 0 Å². The third-order valence-electron chi connectivity index (χ3n) is 4.41. The molecular formula is C20H23ClN4O5S. The number of hydrogen-bond donors (Lipinski definition) is 3. The molecule has 2 aromatic rings. The summed E-state index contributed by atoms with van der Waals surface area (Å²) in [5.41, 5.74) is 6.63. The molecule has 3 N–H and O–H groups in total. The number of hydrazine groups is 1. The zero-order valence-electron chi connectivity index (χ0n) is 17.2. The van der Waals surface area contributed by atoms with Crippen LogP contribution >= 0.6 is 11.6 Å². The van der Waals surface area contributed by atoms with Crippen LogP contribution in [0.3, 0.4) is 0 Å². The molecule has 0 spiro atoms. The quantitative estimate of drug-likeness (QED) is 0.528. The highest BCUT2D eigenvalue weighted by Crippen LogP contribution is 2.17. The second kappa shape index (κ2) is 10.4. The molecule has 0 aliphatic heterocycles. The van der Waals surface area contributed by atoms with E-state index < -0.39 is 34.3 Å². The third kappa shape index (κ3) is 6.78. The predicted molar refractivity (Wildman–Crippen MR) is 116 cm³/mol. The Morgan fingerprint density at radius 3 is 2.16 bits per heavy atom. The zero-order chi connectivity index (χ0) is 23.2. The number of nitrogens with zero attached hydrogens (tertiary/aromatic N) is 1. The Morgan fingerprint density at radius 2 is 1.55 bits per heavy atom. The van der Waals surface area contributed by atoms with E-state index in [0.717, 1.165) is 15.4 Å². The van der Waals surface area contributed by atoms with Gasteiger partial charge in [0.2, 0.25) is 10.0 Å². The summed E-state index contributed by atoms with van der Waals surface area (Å²) in [5.74, 6) is -1.86. The second-order valence-electron chi connectivity index (χ2n) is 6.79. The highest BCUT2D eigenvalue weighted by molar-refractivity contribution is 7.89. The third-order valence-corrected chi connectivity index (χ3v) is 6.48. The summed E-state index contributed by atoms with van der Waals surface area (Å²) in [4.78, 5) is 35.9. The van der Waals surface area contributed by atoms with E-state index in [1.165, 1.54) is 31.3 Å². The van der Waals surface area contributed by atoms with Crippen LogP contribution in [-0.4, -0.2) is 50.6 Å². The van der Waals surface area contributed by atoms with Crippen LogP contribution in [0, 0.1) is 13.8 Å². The molecule has 0 unspecified atom stereocenters. The molecule has 11 heteroatoms. The minimum Gasteiger partial charge on any atom is -0.343 e. The van der Waals surface area contributed by atoms with E-state index >= 15 is 0 Å². The first kappa shape index (κ1) is 24.3. The van der Waals surface area contributed by atoms with E-state index in [4.69, 9.17) is 11.6 Å². The SMILES string of the molecule is Cc1ccc(C(=O)NCC(=O)NNC(=O)CN(C)S(=O)(=O)c2ccc(Cl)cc2)cc1C. The van der Waals surface area contributed by atoms with Gasteiger partial charge >= 0.3 is 0 Å². The fourth-order valence-corrected chi connectivity index (χ4v) is 3.70. The molecule has 166 valence electrons. The molecule has 0 aromatic heterocycles. The number of amides is 3. The van der Waals surface area contributed by atoms with Crippen LogP contribution in [0.1, 0.15) is 21.5 Å². The number of likely N-dealkylation sites (N-methyl/N-ethyl adjacent to an activating group) is 1. The van der Waals surface area contributed by atoms with Gasteiger partial charge < -0.3 is 5.32 Å². The standard InChI is InChI=1S/C20H23ClN4O5S/c1-13-4-5-15(10-14(13)2)20(28)22-11-18(26)23-24-19(27)12-25(3)31(29,30)17-8-6-16(21)7-9-17/h4-10H,11-12H2,1-3H3,(H,22,28)(H,23,26)(H,24,27). The van der Waals surface area contributed by atoms with Gasteiger partial charge in [0.15, 0.2) is 0 Å². The maximum absolute atomic E-state index is 12.4. The smallest absolute Gasteiger partial charge is 0.257 e. The Hall–Kier alpha value is -2.95. The van der Waals surface area contributed by atoms with Gasteiger partial charge in [-0.3, -0.25) is 25.2 Å². The number of carbonyl (C=O) groups excluding carboxylic acids is 3. The van der Waals surface area contributed by atoms with Crippen LogP contribution in [-0.2, 0) is 19.6 Å². The first-order valence-electron chi connectivity index (χ1n) is 9.15. The second-order valence-corrected chi connectivity index (χ2v) is 9.27. The lowest BCUT2D eigenvalue weighted by Crippen LogP contribution is -2.49. The van der Waals surface area contributed by atoms with Gasteiger partial charge in [0.05, 0.1) is 18.0 Å². The number of benzene rings is 2. The van der Waals surface area contributed by atoms with Crippen molar-refractivity contribution in [2.45, 2.75) is 18.7 Å². The van der Waals surface area contributed by atoms with E-state index in [-0.39, 0.29) is 11.4 Å². The lowest BCUT2D eigenvalue weighted by Gasteiger charge is -2.17. The van der Waals surface area contributed by atoms with Gasteiger partial charge in [0.25, 0.3) is 17.7 Å². The maximum Gasteiger partial charge on any atom is 0.257 e. The molecule has 0 heterocycles. The van der Waals surface area contributed by atoms with Gasteiger partial charge in [0, 0.05) is 17.6 Å². The van der Waals surface area contributed by atoms with Crippen molar-refractivity contribution in [1.82, 2.24) is 20.5 Å². The number of halogens is 1. The predicted octanol–water partition coefficient (Wildman–Crippen LogP) is 1.15.